The standard InChI is InChI=1S/C14H15BrO2/c1-2-9-6-7-10(15)8-11(9)14-12(16)4-3-5-13(14)17/h6-8,16H,2-5H2,1H3. The van der Waals surface area contributed by atoms with Gasteiger partial charge in [0.1, 0.15) is 5.76 Å². The van der Waals surface area contributed by atoms with Gasteiger partial charge in [0.2, 0.25) is 0 Å². The first kappa shape index (κ1) is 12.4. The minimum atomic E-state index is 0.0570. The molecule has 1 aromatic rings. The Bertz CT molecular complexity index is 489. The smallest absolute Gasteiger partial charge is 0.166 e. The minimum absolute atomic E-state index is 0.0570. The zero-order chi connectivity index (χ0) is 12.4. The number of allylic oxidation sites excluding steroid dienone is 2. The lowest BCUT2D eigenvalue weighted by molar-refractivity contribution is -0.114. The number of ketones is 1. The highest BCUT2D eigenvalue weighted by molar-refractivity contribution is 9.10. The molecule has 90 valence electrons. The highest BCUT2D eigenvalue weighted by Crippen LogP contribution is 2.32. The average Bonchev–Trinajstić information content (AvgIpc) is 2.29. The van der Waals surface area contributed by atoms with Gasteiger partial charge in [0.25, 0.3) is 0 Å². The van der Waals surface area contributed by atoms with Gasteiger partial charge in [-0.25, -0.2) is 0 Å². The second-order valence-corrected chi connectivity index (χ2v) is 5.17. The van der Waals surface area contributed by atoms with E-state index in [1.807, 2.05) is 18.2 Å². The Hall–Kier alpha value is -1.09. The van der Waals surface area contributed by atoms with E-state index in [0.717, 1.165) is 28.4 Å². The summed E-state index contributed by atoms with van der Waals surface area (Å²) in [7, 11) is 0. The summed E-state index contributed by atoms with van der Waals surface area (Å²) < 4.78 is 0.934. The summed E-state index contributed by atoms with van der Waals surface area (Å²) in [5.74, 6) is 0.301. The fourth-order valence-electron chi connectivity index (χ4n) is 2.22. The zero-order valence-electron chi connectivity index (χ0n) is 9.79. The highest BCUT2D eigenvalue weighted by atomic mass is 79.9. The number of halogens is 1. The molecule has 0 aliphatic heterocycles. The van der Waals surface area contributed by atoms with E-state index in [1.165, 1.54) is 0 Å². The maximum Gasteiger partial charge on any atom is 0.166 e. The SMILES string of the molecule is CCc1ccc(Br)cc1C1=C(O)CCCC1=O. The lowest BCUT2D eigenvalue weighted by Crippen LogP contribution is -2.12. The number of aliphatic hydroxyl groups excluding tert-OH is 1. The molecule has 17 heavy (non-hydrogen) atoms. The van der Waals surface area contributed by atoms with Crippen molar-refractivity contribution in [1.82, 2.24) is 0 Å². The van der Waals surface area contributed by atoms with Gasteiger partial charge in [0, 0.05) is 17.3 Å². The first-order chi connectivity index (χ1) is 8.13. The summed E-state index contributed by atoms with van der Waals surface area (Å²) in [6.45, 7) is 2.05. The van der Waals surface area contributed by atoms with Gasteiger partial charge >= 0.3 is 0 Å². The number of hydrogen-bond donors (Lipinski definition) is 1. The molecule has 1 aromatic carbocycles. The van der Waals surface area contributed by atoms with E-state index in [2.05, 4.69) is 22.9 Å². The number of Topliss-reactive ketones (excluding diaryl/α,β-unsaturated/α-hetero) is 1. The van der Waals surface area contributed by atoms with Crippen LogP contribution in [0, 0.1) is 0 Å². The Labute approximate surface area is 109 Å². The number of rotatable bonds is 2. The molecule has 0 saturated carbocycles. The van der Waals surface area contributed by atoms with Gasteiger partial charge < -0.3 is 5.11 Å². The van der Waals surface area contributed by atoms with Crippen molar-refractivity contribution in [2.75, 3.05) is 0 Å². The van der Waals surface area contributed by atoms with Crippen LogP contribution in [-0.2, 0) is 11.2 Å². The predicted octanol–water partition coefficient (Wildman–Crippen LogP) is 4.03. The van der Waals surface area contributed by atoms with E-state index in [-0.39, 0.29) is 11.5 Å². The van der Waals surface area contributed by atoms with Gasteiger partial charge in [-0.3, -0.25) is 4.79 Å². The highest BCUT2D eigenvalue weighted by Gasteiger charge is 2.23. The van der Waals surface area contributed by atoms with Crippen LogP contribution >= 0.6 is 15.9 Å². The Morgan fingerprint density at radius 2 is 2.12 bits per heavy atom. The second kappa shape index (κ2) is 5.05. The van der Waals surface area contributed by atoms with Crippen LogP contribution in [0.3, 0.4) is 0 Å². The van der Waals surface area contributed by atoms with E-state index in [4.69, 9.17) is 0 Å². The van der Waals surface area contributed by atoms with E-state index < -0.39 is 0 Å². The van der Waals surface area contributed by atoms with E-state index in [1.54, 1.807) is 0 Å². The molecular weight excluding hydrogens is 280 g/mol. The van der Waals surface area contributed by atoms with E-state index >= 15 is 0 Å². The largest absolute Gasteiger partial charge is 0.512 e. The van der Waals surface area contributed by atoms with Crippen molar-refractivity contribution in [3.05, 3.63) is 39.6 Å². The van der Waals surface area contributed by atoms with Crippen LogP contribution in [0.1, 0.15) is 37.3 Å². The van der Waals surface area contributed by atoms with Crippen molar-refractivity contribution < 1.29 is 9.90 Å². The third-order valence-electron chi connectivity index (χ3n) is 3.11. The molecule has 1 aliphatic rings. The molecule has 3 heteroatoms. The third-order valence-corrected chi connectivity index (χ3v) is 3.60. The van der Waals surface area contributed by atoms with Crippen LogP contribution in [0.5, 0.6) is 0 Å². The minimum Gasteiger partial charge on any atom is -0.512 e. The maximum absolute atomic E-state index is 12.0. The quantitative estimate of drug-likeness (QED) is 0.894. The molecule has 0 aromatic heterocycles. The monoisotopic (exact) mass is 294 g/mol. The van der Waals surface area contributed by atoms with Crippen LogP contribution in [0.15, 0.2) is 28.4 Å². The van der Waals surface area contributed by atoms with Gasteiger partial charge in [-0.1, -0.05) is 28.9 Å². The molecule has 1 aliphatic carbocycles. The van der Waals surface area contributed by atoms with Gasteiger partial charge in [-0.2, -0.15) is 0 Å². The van der Waals surface area contributed by atoms with E-state index in [0.29, 0.717) is 18.4 Å². The molecule has 0 spiro atoms. The molecule has 0 atom stereocenters. The van der Waals surface area contributed by atoms with Crippen molar-refractivity contribution >= 4 is 27.3 Å². The van der Waals surface area contributed by atoms with Crippen molar-refractivity contribution in [1.29, 1.82) is 0 Å². The Kier molecular flexibility index (Phi) is 3.67. The summed E-state index contributed by atoms with van der Waals surface area (Å²) in [5, 5.41) is 9.95. The molecule has 2 nitrogen and oxygen atoms in total. The van der Waals surface area contributed by atoms with Crippen LogP contribution < -0.4 is 0 Å². The molecule has 2 rings (SSSR count). The van der Waals surface area contributed by atoms with Crippen molar-refractivity contribution in [2.24, 2.45) is 0 Å². The van der Waals surface area contributed by atoms with Crippen LogP contribution in [0.2, 0.25) is 0 Å². The Balaban J connectivity index is 2.59. The molecule has 0 amide bonds. The number of carbonyl (C=O) groups excluding carboxylic acids is 1. The first-order valence-corrected chi connectivity index (χ1v) is 6.67. The lowest BCUT2D eigenvalue weighted by atomic mass is 9.88. The zero-order valence-corrected chi connectivity index (χ0v) is 11.4. The van der Waals surface area contributed by atoms with Crippen LogP contribution in [-0.4, -0.2) is 10.9 Å². The van der Waals surface area contributed by atoms with Gasteiger partial charge in [-0.05, 0) is 36.1 Å². The third kappa shape index (κ3) is 2.44. The van der Waals surface area contributed by atoms with Crippen LogP contribution in [0.4, 0.5) is 0 Å². The van der Waals surface area contributed by atoms with Crippen molar-refractivity contribution in [3.8, 4) is 0 Å². The van der Waals surface area contributed by atoms with Gasteiger partial charge in [-0.15, -0.1) is 0 Å². The number of carbonyl (C=O) groups is 1. The number of benzene rings is 1. The van der Waals surface area contributed by atoms with Gasteiger partial charge in [0.05, 0.1) is 5.57 Å². The molecule has 1 N–H and O–H groups in total. The summed E-state index contributed by atoms with van der Waals surface area (Å²) in [6.07, 6.45) is 2.75. The summed E-state index contributed by atoms with van der Waals surface area (Å²) in [4.78, 5) is 12.0. The van der Waals surface area contributed by atoms with E-state index in [9.17, 15) is 9.90 Å². The molecule has 0 bridgehead atoms. The van der Waals surface area contributed by atoms with Crippen molar-refractivity contribution in [2.45, 2.75) is 32.6 Å². The summed E-state index contributed by atoms with van der Waals surface area (Å²) >= 11 is 3.42. The Morgan fingerprint density at radius 3 is 2.76 bits per heavy atom. The molecule has 0 saturated heterocycles. The fourth-order valence-corrected chi connectivity index (χ4v) is 2.58. The average molecular weight is 295 g/mol. The van der Waals surface area contributed by atoms with Gasteiger partial charge in [0.15, 0.2) is 5.78 Å². The topological polar surface area (TPSA) is 37.3 Å². The molecule has 0 fully saturated rings. The predicted molar refractivity (Wildman–Crippen MR) is 71.9 cm³/mol. The lowest BCUT2D eigenvalue weighted by Gasteiger charge is -2.18. The van der Waals surface area contributed by atoms with Crippen molar-refractivity contribution in [3.63, 3.8) is 0 Å². The van der Waals surface area contributed by atoms with Crippen LogP contribution in [0.25, 0.3) is 5.57 Å². The maximum atomic E-state index is 12.0. The number of hydrogen-bond acceptors (Lipinski definition) is 2. The molecule has 0 unspecified atom stereocenters. The first-order valence-electron chi connectivity index (χ1n) is 5.87. The normalized spacial score (nSPS) is 16.5. The second-order valence-electron chi connectivity index (χ2n) is 4.25. The fraction of sp³-hybridized carbons (Fsp3) is 0.357. The summed E-state index contributed by atoms with van der Waals surface area (Å²) in [6, 6.07) is 5.89. The molecule has 0 radical (unpaired) electrons. The summed E-state index contributed by atoms with van der Waals surface area (Å²) in [5.41, 5.74) is 2.50. The Morgan fingerprint density at radius 1 is 1.35 bits per heavy atom. The molecule has 0 heterocycles. The molecular formula is C14H15BrO2. The number of aryl methyl sites for hydroxylation is 1. The number of aliphatic hydroxyl groups is 1.